The third-order valence-electron chi connectivity index (χ3n) is 2.64. The number of carbonyl (C=O) groups is 1. The average Bonchev–Trinajstić information content (AvgIpc) is 2.74. The lowest BCUT2D eigenvalue weighted by molar-refractivity contribution is 0.102. The summed E-state index contributed by atoms with van der Waals surface area (Å²) < 4.78 is 15.9. The Hall–Kier alpha value is -1.01. The molecular weight excluding hydrogens is 379 g/mol. The zero-order valence-electron chi connectivity index (χ0n) is 10.2. The van der Waals surface area contributed by atoms with E-state index in [1.54, 1.807) is 16.9 Å². The summed E-state index contributed by atoms with van der Waals surface area (Å²) in [5, 5.41) is 4.14. The van der Waals surface area contributed by atoms with Gasteiger partial charge >= 0.3 is 0 Å². The number of benzene rings is 1. The molecule has 2 aromatic rings. The topological polar surface area (TPSA) is 34.9 Å². The Morgan fingerprint density at radius 1 is 1.42 bits per heavy atom. The summed E-state index contributed by atoms with van der Waals surface area (Å²) in [5.41, 5.74) is 0.728. The first-order chi connectivity index (χ1) is 9.06. The van der Waals surface area contributed by atoms with Gasteiger partial charge in [0.15, 0.2) is 0 Å². The van der Waals surface area contributed by atoms with E-state index in [1.807, 2.05) is 6.92 Å². The van der Waals surface area contributed by atoms with Gasteiger partial charge in [0.05, 0.1) is 15.1 Å². The van der Waals surface area contributed by atoms with Crippen LogP contribution in [0.4, 0.5) is 4.39 Å². The van der Waals surface area contributed by atoms with Gasteiger partial charge in [0, 0.05) is 12.1 Å². The van der Waals surface area contributed by atoms with Gasteiger partial charge in [-0.3, -0.25) is 9.48 Å². The second kappa shape index (κ2) is 5.96. The van der Waals surface area contributed by atoms with Gasteiger partial charge in [0.2, 0.25) is 5.78 Å². The lowest BCUT2D eigenvalue weighted by Crippen LogP contribution is -2.13. The van der Waals surface area contributed by atoms with Gasteiger partial charge in [-0.15, -0.1) is 0 Å². The summed E-state index contributed by atoms with van der Waals surface area (Å²) >= 11 is 6.43. The van der Waals surface area contributed by atoms with Crippen molar-refractivity contribution in [1.29, 1.82) is 0 Å². The van der Waals surface area contributed by atoms with E-state index in [2.05, 4.69) is 37.0 Å². The minimum absolute atomic E-state index is 0.177. The average molecular weight is 390 g/mol. The van der Waals surface area contributed by atoms with Crippen LogP contribution in [0.15, 0.2) is 33.3 Å². The van der Waals surface area contributed by atoms with Gasteiger partial charge in [0.25, 0.3) is 0 Å². The molecule has 0 aliphatic rings. The highest BCUT2D eigenvalue weighted by atomic mass is 79.9. The maximum Gasteiger partial charge on any atom is 0.213 e. The molecule has 6 heteroatoms. The minimum atomic E-state index is -0.455. The fourth-order valence-corrected chi connectivity index (χ4v) is 2.70. The normalized spacial score (nSPS) is 10.7. The van der Waals surface area contributed by atoms with Crippen molar-refractivity contribution in [3.8, 4) is 0 Å². The molecule has 2 rings (SSSR count). The Morgan fingerprint density at radius 3 is 2.84 bits per heavy atom. The highest BCUT2D eigenvalue weighted by Crippen LogP contribution is 2.26. The summed E-state index contributed by atoms with van der Waals surface area (Å²) in [6.45, 7) is 2.64. The van der Waals surface area contributed by atoms with Crippen molar-refractivity contribution < 1.29 is 9.18 Å². The predicted molar refractivity (Wildman–Crippen MR) is 77.8 cm³/mol. The van der Waals surface area contributed by atoms with Crippen molar-refractivity contribution in [2.24, 2.45) is 0 Å². The molecule has 100 valence electrons. The molecule has 0 atom stereocenters. The zero-order valence-corrected chi connectivity index (χ0v) is 13.3. The Kier molecular flexibility index (Phi) is 4.52. The summed E-state index contributed by atoms with van der Waals surface area (Å²) in [4.78, 5) is 12.5. The van der Waals surface area contributed by atoms with Gasteiger partial charge in [-0.05, 0) is 50.4 Å². The Labute approximate surface area is 127 Å². The van der Waals surface area contributed by atoms with E-state index >= 15 is 0 Å². The van der Waals surface area contributed by atoms with Crippen LogP contribution in [0.5, 0.6) is 0 Å². The fourth-order valence-electron chi connectivity index (χ4n) is 1.78. The molecule has 0 amide bonds. The Bertz CT molecular complexity index is 625. The van der Waals surface area contributed by atoms with E-state index in [-0.39, 0.29) is 10.3 Å². The molecule has 0 bridgehead atoms. The van der Waals surface area contributed by atoms with Crippen LogP contribution in [0.25, 0.3) is 0 Å². The molecule has 0 saturated heterocycles. The smallest absolute Gasteiger partial charge is 0.213 e. The molecule has 0 spiro atoms. The molecule has 0 unspecified atom stereocenters. The van der Waals surface area contributed by atoms with Crippen LogP contribution < -0.4 is 0 Å². The molecular formula is C13H11Br2FN2O. The maximum absolute atomic E-state index is 13.5. The van der Waals surface area contributed by atoms with Gasteiger partial charge in [-0.25, -0.2) is 4.39 Å². The van der Waals surface area contributed by atoms with Gasteiger partial charge in [-0.1, -0.05) is 13.0 Å². The third-order valence-corrected chi connectivity index (χ3v) is 4.03. The van der Waals surface area contributed by atoms with E-state index < -0.39 is 5.82 Å². The van der Waals surface area contributed by atoms with Crippen molar-refractivity contribution in [3.63, 3.8) is 0 Å². The number of carbonyl (C=O) groups excluding carboxylic acids is 1. The van der Waals surface area contributed by atoms with E-state index in [0.717, 1.165) is 6.42 Å². The fraction of sp³-hybridized carbons (Fsp3) is 0.231. The molecule has 0 saturated carbocycles. The van der Waals surface area contributed by atoms with Crippen LogP contribution in [0.2, 0.25) is 0 Å². The number of halogens is 3. The molecule has 1 aromatic carbocycles. The SMILES string of the molecule is CCCn1ncc(Br)c1C(=O)c1cccc(F)c1Br. The van der Waals surface area contributed by atoms with Crippen molar-refractivity contribution in [2.45, 2.75) is 19.9 Å². The molecule has 0 N–H and O–H groups in total. The van der Waals surface area contributed by atoms with E-state index in [0.29, 0.717) is 22.3 Å². The first kappa shape index (κ1) is 14.4. The van der Waals surface area contributed by atoms with E-state index in [4.69, 9.17) is 0 Å². The van der Waals surface area contributed by atoms with Crippen molar-refractivity contribution in [3.05, 3.63) is 50.4 Å². The van der Waals surface area contributed by atoms with Crippen molar-refractivity contribution >= 4 is 37.6 Å². The summed E-state index contributed by atoms with van der Waals surface area (Å²) in [7, 11) is 0. The van der Waals surface area contributed by atoms with E-state index in [1.165, 1.54) is 12.1 Å². The molecule has 3 nitrogen and oxygen atoms in total. The summed E-state index contributed by atoms with van der Waals surface area (Å²) in [6.07, 6.45) is 2.44. The number of nitrogens with zero attached hydrogens (tertiary/aromatic N) is 2. The largest absolute Gasteiger partial charge is 0.287 e. The summed E-state index contributed by atoms with van der Waals surface area (Å²) in [6, 6.07) is 4.41. The number of aryl methyl sites for hydroxylation is 1. The molecule has 1 heterocycles. The molecule has 1 aromatic heterocycles. The van der Waals surface area contributed by atoms with Crippen molar-refractivity contribution in [1.82, 2.24) is 9.78 Å². The molecule has 0 fully saturated rings. The Morgan fingerprint density at radius 2 is 2.16 bits per heavy atom. The molecule has 0 aliphatic carbocycles. The van der Waals surface area contributed by atoms with Gasteiger partial charge in [-0.2, -0.15) is 5.10 Å². The minimum Gasteiger partial charge on any atom is -0.287 e. The first-order valence-corrected chi connectivity index (χ1v) is 7.34. The molecule has 0 aliphatic heterocycles. The van der Waals surface area contributed by atoms with Crippen molar-refractivity contribution in [2.75, 3.05) is 0 Å². The van der Waals surface area contributed by atoms with Crippen LogP contribution in [-0.4, -0.2) is 15.6 Å². The van der Waals surface area contributed by atoms with Gasteiger partial charge in [0.1, 0.15) is 11.5 Å². The standard InChI is InChI=1S/C13H11Br2FN2O/c1-2-6-18-12(9(14)7-17-18)13(19)8-4-3-5-10(16)11(8)15/h3-5,7H,2,6H2,1H3. The van der Waals surface area contributed by atoms with Crippen LogP contribution in [0.3, 0.4) is 0 Å². The number of hydrogen-bond acceptors (Lipinski definition) is 2. The summed E-state index contributed by atoms with van der Waals surface area (Å²) in [5.74, 6) is -0.715. The van der Waals surface area contributed by atoms with E-state index in [9.17, 15) is 9.18 Å². The highest BCUT2D eigenvalue weighted by molar-refractivity contribution is 9.11. The lowest BCUT2D eigenvalue weighted by atomic mass is 10.1. The van der Waals surface area contributed by atoms with Crippen LogP contribution in [0, 0.1) is 5.82 Å². The second-order valence-electron chi connectivity index (χ2n) is 3.99. The number of rotatable bonds is 4. The number of ketones is 1. The maximum atomic E-state index is 13.5. The third kappa shape index (κ3) is 2.79. The predicted octanol–water partition coefficient (Wildman–Crippen LogP) is 4.19. The molecule has 0 radical (unpaired) electrons. The van der Waals surface area contributed by atoms with Crippen LogP contribution >= 0.6 is 31.9 Å². The lowest BCUT2D eigenvalue weighted by Gasteiger charge is -2.08. The Balaban J connectivity index is 2.50. The quantitative estimate of drug-likeness (QED) is 0.735. The first-order valence-electron chi connectivity index (χ1n) is 5.76. The number of aromatic nitrogens is 2. The van der Waals surface area contributed by atoms with Gasteiger partial charge < -0.3 is 0 Å². The zero-order chi connectivity index (χ0) is 14.0. The second-order valence-corrected chi connectivity index (χ2v) is 5.64. The van der Waals surface area contributed by atoms with Crippen LogP contribution in [-0.2, 0) is 6.54 Å². The van der Waals surface area contributed by atoms with Crippen LogP contribution in [0.1, 0.15) is 29.4 Å². The molecule has 19 heavy (non-hydrogen) atoms. The highest BCUT2D eigenvalue weighted by Gasteiger charge is 2.21. The monoisotopic (exact) mass is 388 g/mol. The number of hydrogen-bond donors (Lipinski definition) is 0.